The molecule has 3 N–H and O–H groups in total. The number of benzene rings is 1. The Morgan fingerprint density at radius 2 is 1.83 bits per heavy atom. The molecule has 0 radical (unpaired) electrons. The van der Waals surface area contributed by atoms with Gasteiger partial charge in [-0.15, -0.1) is 0 Å². The first-order chi connectivity index (χ1) is 8.62. The standard InChI is InChI=1S/C14H22N2O2/c1-3-16(4-2)10-11-5-7-12(8-6-11)13(9-15)14(17)18/h5-8,13H,3-4,9-10,15H2,1-2H3,(H,17,18). The highest BCUT2D eigenvalue weighted by molar-refractivity contribution is 5.76. The number of carboxylic acid groups (broad SMARTS) is 1. The Labute approximate surface area is 108 Å². The molecule has 1 aromatic rings. The largest absolute Gasteiger partial charge is 0.481 e. The Hall–Kier alpha value is -1.39. The van der Waals surface area contributed by atoms with Crippen molar-refractivity contribution < 1.29 is 9.90 Å². The summed E-state index contributed by atoms with van der Waals surface area (Å²) in [5.74, 6) is -1.47. The van der Waals surface area contributed by atoms with Crippen LogP contribution in [0.1, 0.15) is 30.9 Å². The van der Waals surface area contributed by atoms with Crippen LogP contribution < -0.4 is 5.73 Å². The summed E-state index contributed by atoms with van der Waals surface area (Å²) in [5, 5.41) is 9.03. The normalized spacial score (nSPS) is 12.7. The van der Waals surface area contributed by atoms with Crippen LogP contribution in [-0.4, -0.2) is 35.6 Å². The van der Waals surface area contributed by atoms with Crippen molar-refractivity contribution in [3.63, 3.8) is 0 Å². The van der Waals surface area contributed by atoms with Crippen molar-refractivity contribution in [1.29, 1.82) is 0 Å². The van der Waals surface area contributed by atoms with Crippen molar-refractivity contribution >= 4 is 5.97 Å². The number of hydrogen-bond acceptors (Lipinski definition) is 3. The van der Waals surface area contributed by atoms with Crippen LogP contribution in [0.5, 0.6) is 0 Å². The van der Waals surface area contributed by atoms with Crippen molar-refractivity contribution in [2.45, 2.75) is 26.3 Å². The molecule has 0 saturated heterocycles. The van der Waals surface area contributed by atoms with E-state index in [-0.39, 0.29) is 6.54 Å². The van der Waals surface area contributed by atoms with Crippen LogP contribution >= 0.6 is 0 Å². The average molecular weight is 250 g/mol. The summed E-state index contributed by atoms with van der Waals surface area (Å²) in [6.07, 6.45) is 0. The summed E-state index contributed by atoms with van der Waals surface area (Å²) in [6, 6.07) is 7.70. The lowest BCUT2D eigenvalue weighted by Gasteiger charge is -2.18. The number of carboxylic acids is 1. The number of hydrogen-bond donors (Lipinski definition) is 2. The third-order valence-corrected chi connectivity index (χ3v) is 3.22. The van der Waals surface area contributed by atoms with E-state index in [1.807, 2.05) is 24.3 Å². The van der Waals surface area contributed by atoms with Gasteiger partial charge in [0.2, 0.25) is 0 Å². The molecule has 0 heterocycles. The molecule has 100 valence electrons. The summed E-state index contributed by atoms with van der Waals surface area (Å²) in [7, 11) is 0. The van der Waals surface area contributed by atoms with Gasteiger partial charge in [0.25, 0.3) is 0 Å². The maximum Gasteiger partial charge on any atom is 0.312 e. The molecule has 1 unspecified atom stereocenters. The van der Waals surface area contributed by atoms with Gasteiger partial charge in [0, 0.05) is 13.1 Å². The topological polar surface area (TPSA) is 66.6 Å². The van der Waals surface area contributed by atoms with Gasteiger partial charge < -0.3 is 10.8 Å². The van der Waals surface area contributed by atoms with E-state index >= 15 is 0 Å². The van der Waals surface area contributed by atoms with E-state index in [0.29, 0.717) is 0 Å². The van der Waals surface area contributed by atoms with Crippen LogP contribution in [0.4, 0.5) is 0 Å². The summed E-state index contributed by atoms with van der Waals surface area (Å²) in [5.41, 5.74) is 7.45. The van der Waals surface area contributed by atoms with Crippen LogP contribution in [0.15, 0.2) is 24.3 Å². The summed E-state index contributed by atoms with van der Waals surface area (Å²) in [6.45, 7) is 7.31. The van der Waals surface area contributed by atoms with Crippen molar-refractivity contribution in [2.24, 2.45) is 5.73 Å². The number of nitrogens with two attached hydrogens (primary N) is 1. The molecule has 0 aromatic heterocycles. The molecule has 0 aliphatic heterocycles. The van der Waals surface area contributed by atoms with E-state index in [1.165, 1.54) is 5.56 Å². The average Bonchev–Trinajstić information content (AvgIpc) is 2.38. The minimum Gasteiger partial charge on any atom is -0.481 e. The number of nitrogens with zero attached hydrogens (tertiary/aromatic N) is 1. The molecule has 0 saturated carbocycles. The Morgan fingerprint density at radius 3 is 2.22 bits per heavy atom. The second-order valence-electron chi connectivity index (χ2n) is 4.33. The van der Waals surface area contributed by atoms with E-state index in [1.54, 1.807) is 0 Å². The van der Waals surface area contributed by atoms with Crippen molar-refractivity contribution in [1.82, 2.24) is 4.90 Å². The van der Waals surface area contributed by atoms with Gasteiger partial charge in [-0.2, -0.15) is 0 Å². The molecule has 1 atom stereocenters. The minimum absolute atomic E-state index is 0.130. The lowest BCUT2D eigenvalue weighted by molar-refractivity contribution is -0.138. The molecule has 0 fully saturated rings. The van der Waals surface area contributed by atoms with E-state index in [0.717, 1.165) is 25.2 Å². The highest BCUT2D eigenvalue weighted by Crippen LogP contribution is 2.16. The molecular formula is C14H22N2O2. The molecule has 0 spiro atoms. The van der Waals surface area contributed by atoms with Gasteiger partial charge in [0.1, 0.15) is 0 Å². The second kappa shape index (κ2) is 7.13. The number of rotatable bonds is 7. The summed E-state index contributed by atoms with van der Waals surface area (Å²) < 4.78 is 0. The van der Waals surface area contributed by atoms with E-state index in [4.69, 9.17) is 10.8 Å². The predicted molar refractivity (Wildman–Crippen MR) is 72.5 cm³/mol. The van der Waals surface area contributed by atoms with Gasteiger partial charge in [0.15, 0.2) is 0 Å². The quantitative estimate of drug-likeness (QED) is 0.772. The minimum atomic E-state index is -0.867. The first kappa shape index (κ1) is 14.7. The zero-order valence-corrected chi connectivity index (χ0v) is 11.1. The monoisotopic (exact) mass is 250 g/mol. The van der Waals surface area contributed by atoms with Gasteiger partial charge in [-0.3, -0.25) is 9.69 Å². The van der Waals surface area contributed by atoms with E-state index < -0.39 is 11.9 Å². The zero-order valence-electron chi connectivity index (χ0n) is 11.1. The molecular weight excluding hydrogens is 228 g/mol. The lowest BCUT2D eigenvalue weighted by Crippen LogP contribution is -2.23. The molecule has 0 bridgehead atoms. The maximum absolute atomic E-state index is 11.0. The molecule has 0 aliphatic rings. The molecule has 4 heteroatoms. The first-order valence-electron chi connectivity index (χ1n) is 6.36. The lowest BCUT2D eigenvalue weighted by atomic mass is 9.98. The first-order valence-corrected chi connectivity index (χ1v) is 6.36. The fourth-order valence-corrected chi connectivity index (χ4v) is 1.94. The van der Waals surface area contributed by atoms with Crippen LogP contribution in [0.2, 0.25) is 0 Å². The summed E-state index contributed by atoms with van der Waals surface area (Å²) in [4.78, 5) is 13.3. The SMILES string of the molecule is CCN(CC)Cc1ccc(C(CN)C(=O)O)cc1. The van der Waals surface area contributed by atoms with Crippen molar-refractivity contribution in [3.05, 3.63) is 35.4 Å². The maximum atomic E-state index is 11.0. The van der Waals surface area contributed by atoms with Crippen LogP contribution in [0.25, 0.3) is 0 Å². The van der Waals surface area contributed by atoms with E-state index in [2.05, 4.69) is 18.7 Å². The van der Waals surface area contributed by atoms with Gasteiger partial charge in [-0.1, -0.05) is 38.1 Å². The fraction of sp³-hybridized carbons (Fsp3) is 0.500. The van der Waals surface area contributed by atoms with E-state index in [9.17, 15) is 4.79 Å². The molecule has 0 aliphatic carbocycles. The van der Waals surface area contributed by atoms with Gasteiger partial charge >= 0.3 is 5.97 Å². The van der Waals surface area contributed by atoms with Gasteiger partial charge in [-0.05, 0) is 24.2 Å². The highest BCUT2D eigenvalue weighted by atomic mass is 16.4. The van der Waals surface area contributed by atoms with Crippen LogP contribution in [0.3, 0.4) is 0 Å². The van der Waals surface area contributed by atoms with Crippen molar-refractivity contribution in [2.75, 3.05) is 19.6 Å². The Kier molecular flexibility index (Phi) is 5.82. The van der Waals surface area contributed by atoms with Crippen LogP contribution in [-0.2, 0) is 11.3 Å². The third-order valence-electron chi connectivity index (χ3n) is 3.22. The Morgan fingerprint density at radius 1 is 1.28 bits per heavy atom. The molecule has 1 rings (SSSR count). The molecule has 1 aromatic carbocycles. The highest BCUT2D eigenvalue weighted by Gasteiger charge is 2.17. The third kappa shape index (κ3) is 3.82. The Bertz CT molecular complexity index is 372. The fourth-order valence-electron chi connectivity index (χ4n) is 1.94. The summed E-state index contributed by atoms with van der Waals surface area (Å²) >= 11 is 0. The second-order valence-corrected chi connectivity index (χ2v) is 4.33. The smallest absolute Gasteiger partial charge is 0.312 e. The zero-order chi connectivity index (χ0) is 13.5. The molecule has 4 nitrogen and oxygen atoms in total. The predicted octanol–water partition coefficient (Wildman–Crippen LogP) is 1.66. The number of aliphatic carboxylic acids is 1. The molecule has 0 amide bonds. The van der Waals surface area contributed by atoms with Gasteiger partial charge in [-0.25, -0.2) is 0 Å². The van der Waals surface area contributed by atoms with Crippen LogP contribution in [0, 0.1) is 0 Å². The van der Waals surface area contributed by atoms with Crippen molar-refractivity contribution in [3.8, 4) is 0 Å². The van der Waals surface area contributed by atoms with Gasteiger partial charge in [0.05, 0.1) is 5.92 Å². The molecule has 18 heavy (non-hydrogen) atoms. The Balaban J connectivity index is 2.76. The number of carbonyl (C=O) groups is 1.